The largest absolute Gasteiger partial charge is 0.347 e. The first-order chi connectivity index (χ1) is 9.00. The fourth-order valence-corrected chi connectivity index (χ4v) is 2.58. The lowest BCUT2D eigenvalue weighted by atomic mass is 10.1. The molecule has 2 rings (SSSR count). The van der Waals surface area contributed by atoms with Crippen molar-refractivity contribution in [3.63, 3.8) is 0 Å². The van der Waals surface area contributed by atoms with Gasteiger partial charge in [-0.2, -0.15) is 0 Å². The molecule has 1 aromatic heterocycles. The summed E-state index contributed by atoms with van der Waals surface area (Å²) >= 11 is 12.0. The van der Waals surface area contributed by atoms with Gasteiger partial charge >= 0.3 is 0 Å². The number of carbonyl (C=O) groups excluding carboxylic acids is 1. The van der Waals surface area contributed by atoms with Crippen molar-refractivity contribution in [2.75, 3.05) is 38.6 Å². The standard InChI is InChI=1S/C12H16Cl2N4O/c1-17(2)12(19)10-7-15-3-4-18(10)11-9(14)5-8(13)6-16-11/h5-6,10,15H,3-4,7H2,1-2H3. The molecule has 104 valence electrons. The van der Waals surface area contributed by atoms with Crippen molar-refractivity contribution in [2.45, 2.75) is 6.04 Å². The number of piperazine rings is 1. The summed E-state index contributed by atoms with van der Waals surface area (Å²) in [4.78, 5) is 20.0. The number of amides is 1. The average molecular weight is 303 g/mol. The number of rotatable bonds is 2. The maximum atomic E-state index is 12.2. The normalized spacial score (nSPS) is 19.4. The van der Waals surface area contributed by atoms with Gasteiger partial charge in [0.1, 0.15) is 11.9 Å². The molecule has 0 bridgehead atoms. The van der Waals surface area contributed by atoms with Crippen molar-refractivity contribution in [3.05, 3.63) is 22.3 Å². The quantitative estimate of drug-likeness (QED) is 0.893. The number of likely N-dealkylation sites (N-methyl/N-ethyl adjacent to an activating group) is 1. The number of aromatic nitrogens is 1. The molecule has 1 atom stereocenters. The smallest absolute Gasteiger partial charge is 0.246 e. The fraction of sp³-hybridized carbons (Fsp3) is 0.500. The lowest BCUT2D eigenvalue weighted by Gasteiger charge is -2.37. The van der Waals surface area contributed by atoms with E-state index in [1.54, 1.807) is 31.3 Å². The lowest BCUT2D eigenvalue weighted by molar-refractivity contribution is -0.130. The van der Waals surface area contributed by atoms with Gasteiger partial charge in [0.25, 0.3) is 0 Å². The van der Waals surface area contributed by atoms with E-state index in [1.165, 1.54) is 0 Å². The molecule has 1 aliphatic heterocycles. The molecule has 2 heterocycles. The minimum atomic E-state index is -0.296. The van der Waals surface area contributed by atoms with Crippen molar-refractivity contribution >= 4 is 34.9 Å². The number of nitrogens with one attached hydrogen (secondary N) is 1. The van der Waals surface area contributed by atoms with Gasteiger partial charge < -0.3 is 15.1 Å². The highest BCUT2D eigenvalue weighted by Gasteiger charge is 2.31. The number of halogens is 2. The van der Waals surface area contributed by atoms with Crippen LogP contribution in [0.5, 0.6) is 0 Å². The first-order valence-electron chi connectivity index (χ1n) is 6.00. The maximum Gasteiger partial charge on any atom is 0.246 e. The number of hydrogen-bond acceptors (Lipinski definition) is 4. The van der Waals surface area contributed by atoms with E-state index >= 15 is 0 Å². The summed E-state index contributed by atoms with van der Waals surface area (Å²) < 4.78 is 0. The van der Waals surface area contributed by atoms with Gasteiger partial charge in [-0.3, -0.25) is 4.79 Å². The van der Waals surface area contributed by atoms with E-state index < -0.39 is 0 Å². The fourth-order valence-electron chi connectivity index (χ4n) is 2.10. The van der Waals surface area contributed by atoms with Gasteiger partial charge in [0.05, 0.1) is 10.0 Å². The molecule has 1 unspecified atom stereocenters. The van der Waals surface area contributed by atoms with Crippen LogP contribution in [0.3, 0.4) is 0 Å². The zero-order valence-corrected chi connectivity index (χ0v) is 12.4. The van der Waals surface area contributed by atoms with E-state index in [2.05, 4.69) is 10.3 Å². The Morgan fingerprint density at radius 1 is 1.53 bits per heavy atom. The lowest BCUT2D eigenvalue weighted by Crippen LogP contribution is -2.58. The van der Waals surface area contributed by atoms with E-state index in [4.69, 9.17) is 23.2 Å². The van der Waals surface area contributed by atoms with Gasteiger partial charge in [-0.25, -0.2) is 4.98 Å². The highest BCUT2D eigenvalue weighted by atomic mass is 35.5. The SMILES string of the molecule is CN(C)C(=O)C1CNCCN1c1ncc(Cl)cc1Cl. The van der Waals surface area contributed by atoms with E-state index in [0.29, 0.717) is 29.0 Å². The molecule has 5 nitrogen and oxygen atoms in total. The van der Waals surface area contributed by atoms with Gasteiger partial charge in [-0.05, 0) is 6.07 Å². The third kappa shape index (κ3) is 3.11. The Balaban J connectivity index is 2.31. The van der Waals surface area contributed by atoms with Gasteiger partial charge in [0, 0.05) is 39.9 Å². The van der Waals surface area contributed by atoms with E-state index in [-0.39, 0.29) is 11.9 Å². The minimum Gasteiger partial charge on any atom is -0.347 e. The maximum absolute atomic E-state index is 12.2. The average Bonchev–Trinajstić information content (AvgIpc) is 2.38. The van der Waals surface area contributed by atoms with Crippen LogP contribution < -0.4 is 10.2 Å². The van der Waals surface area contributed by atoms with Gasteiger partial charge in [0.2, 0.25) is 5.91 Å². The van der Waals surface area contributed by atoms with Crippen LogP contribution in [-0.4, -0.2) is 55.6 Å². The molecule has 1 N–H and O–H groups in total. The van der Waals surface area contributed by atoms with Crippen LogP contribution in [0.25, 0.3) is 0 Å². The van der Waals surface area contributed by atoms with Crippen LogP contribution in [0.15, 0.2) is 12.3 Å². The first-order valence-corrected chi connectivity index (χ1v) is 6.76. The molecule has 19 heavy (non-hydrogen) atoms. The molecular formula is C12H16Cl2N4O. The molecule has 1 saturated heterocycles. The van der Waals surface area contributed by atoms with E-state index in [9.17, 15) is 4.79 Å². The number of carbonyl (C=O) groups is 1. The second-order valence-corrected chi connectivity index (χ2v) is 5.45. The van der Waals surface area contributed by atoms with Crippen LogP contribution in [0, 0.1) is 0 Å². The van der Waals surface area contributed by atoms with Gasteiger partial charge in [0.15, 0.2) is 0 Å². The van der Waals surface area contributed by atoms with E-state index in [1.807, 2.05) is 4.90 Å². The Kier molecular flexibility index (Phi) is 4.50. The molecule has 1 aliphatic rings. The number of anilines is 1. The van der Waals surface area contributed by atoms with Crippen molar-refractivity contribution in [1.82, 2.24) is 15.2 Å². The summed E-state index contributed by atoms with van der Waals surface area (Å²) in [6.45, 7) is 2.05. The summed E-state index contributed by atoms with van der Waals surface area (Å²) in [6, 6.07) is 1.35. The van der Waals surface area contributed by atoms with Crippen molar-refractivity contribution < 1.29 is 4.79 Å². The van der Waals surface area contributed by atoms with Crippen molar-refractivity contribution in [2.24, 2.45) is 0 Å². The predicted molar refractivity (Wildman–Crippen MR) is 77.0 cm³/mol. The molecule has 0 spiro atoms. The van der Waals surface area contributed by atoms with Crippen LogP contribution in [0.2, 0.25) is 10.0 Å². The highest BCUT2D eigenvalue weighted by Crippen LogP contribution is 2.28. The third-order valence-corrected chi connectivity index (χ3v) is 3.51. The molecule has 0 aliphatic carbocycles. The molecule has 1 amide bonds. The molecular weight excluding hydrogens is 287 g/mol. The minimum absolute atomic E-state index is 0.0278. The Bertz CT molecular complexity index is 481. The summed E-state index contributed by atoms with van der Waals surface area (Å²) in [6.07, 6.45) is 1.54. The second-order valence-electron chi connectivity index (χ2n) is 4.60. The summed E-state index contributed by atoms with van der Waals surface area (Å²) in [7, 11) is 3.48. The van der Waals surface area contributed by atoms with Crippen LogP contribution in [-0.2, 0) is 4.79 Å². The summed E-state index contributed by atoms with van der Waals surface area (Å²) in [5.74, 6) is 0.632. The first kappa shape index (κ1) is 14.4. The summed E-state index contributed by atoms with van der Waals surface area (Å²) in [5, 5.41) is 4.16. The molecule has 1 aromatic rings. The Morgan fingerprint density at radius 3 is 2.89 bits per heavy atom. The third-order valence-electron chi connectivity index (χ3n) is 3.03. The number of hydrogen-bond donors (Lipinski definition) is 1. The Morgan fingerprint density at radius 2 is 2.26 bits per heavy atom. The molecule has 0 radical (unpaired) electrons. The summed E-state index contributed by atoms with van der Waals surface area (Å²) in [5.41, 5.74) is 0. The van der Waals surface area contributed by atoms with Crippen molar-refractivity contribution in [1.29, 1.82) is 0 Å². The molecule has 0 saturated carbocycles. The van der Waals surface area contributed by atoms with Gasteiger partial charge in [-0.1, -0.05) is 23.2 Å². The number of nitrogens with zero attached hydrogens (tertiary/aromatic N) is 3. The van der Waals surface area contributed by atoms with E-state index in [0.717, 1.165) is 6.54 Å². The zero-order chi connectivity index (χ0) is 14.0. The van der Waals surface area contributed by atoms with Gasteiger partial charge in [-0.15, -0.1) is 0 Å². The van der Waals surface area contributed by atoms with Crippen LogP contribution in [0.1, 0.15) is 0 Å². The monoisotopic (exact) mass is 302 g/mol. The second kappa shape index (κ2) is 5.94. The Labute approximate surface area is 122 Å². The highest BCUT2D eigenvalue weighted by molar-refractivity contribution is 6.36. The molecule has 0 aromatic carbocycles. The number of pyridine rings is 1. The predicted octanol–water partition coefficient (Wildman–Crippen LogP) is 1.25. The molecule has 1 fully saturated rings. The van der Waals surface area contributed by atoms with Crippen LogP contribution >= 0.6 is 23.2 Å². The Hall–Kier alpha value is -1.04. The topological polar surface area (TPSA) is 48.5 Å². The zero-order valence-electron chi connectivity index (χ0n) is 10.9. The van der Waals surface area contributed by atoms with Crippen molar-refractivity contribution in [3.8, 4) is 0 Å². The van der Waals surface area contributed by atoms with Crippen LogP contribution in [0.4, 0.5) is 5.82 Å². The molecule has 7 heteroatoms.